The number of aliphatic hydroxyl groups is 1. The molecule has 0 saturated heterocycles. The lowest BCUT2D eigenvalue weighted by Crippen LogP contribution is -2.57. The van der Waals surface area contributed by atoms with Gasteiger partial charge in [0.1, 0.15) is 18.1 Å². The summed E-state index contributed by atoms with van der Waals surface area (Å²) in [5, 5.41) is 17.2. The molecule has 37 heavy (non-hydrogen) atoms. The van der Waals surface area contributed by atoms with Gasteiger partial charge in [0.15, 0.2) is 0 Å². The van der Waals surface area contributed by atoms with Crippen LogP contribution in [-0.2, 0) is 36.8 Å². The number of hydrogen-bond acceptors (Lipinski definition) is 6. The molecule has 2 aromatic rings. The maximum absolute atomic E-state index is 13.0. The third kappa shape index (κ3) is 10.5. The summed E-state index contributed by atoms with van der Waals surface area (Å²) in [6, 6.07) is 14.5. The van der Waals surface area contributed by atoms with Crippen molar-refractivity contribution in [3.8, 4) is 0 Å². The Morgan fingerprint density at radius 3 is 1.78 bits per heavy atom. The van der Waals surface area contributed by atoms with E-state index in [-0.39, 0.29) is 25.7 Å². The van der Waals surface area contributed by atoms with Gasteiger partial charge in [0.25, 0.3) is 0 Å². The molecule has 11 nitrogen and oxygen atoms in total. The molecule has 0 saturated carbocycles. The first-order valence-corrected chi connectivity index (χ1v) is 11.9. The Morgan fingerprint density at radius 1 is 0.703 bits per heavy atom. The molecule has 0 aliphatic rings. The minimum atomic E-state index is -1.30. The van der Waals surface area contributed by atoms with Crippen LogP contribution in [0.25, 0.3) is 0 Å². The van der Waals surface area contributed by atoms with Gasteiger partial charge in [0.05, 0.1) is 6.61 Å². The number of carbonyl (C=O) groups excluding carboxylic acids is 5. The Labute approximate surface area is 215 Å². The number of nitrogens with one attached hydrogen (secondary N) is 3. The molecule has 0 fully saturated rings. The molecule has 0 radical (unpaired) electrons. The van der Waals surface area contributed by atoms with Crippen molar-refractivity contribution in [3.05, 3.63) is 71.8 Å². The van der Waals surface area contributed by atoms with Crippen molar-refractivity contribution in [1.29, 1.82) is 0 Å². The topological polar surface area (TPSA) is 194 Å². The van der Waals surface area contributed by atoms with Crippen molar-refractivity contribution in [1.82, 2.24) is 16.0 Å². The van der Waals surface area contributed by atoms with E-state index in [2.05, 4.69) is 16.0 Å². The predicted octanol–water partition coefficient (Wildman–Crippen LogP) is -0.941. The van der Waals surface area contributed by atoms with E-state index < -0.39 is 54.3 Å². The van der Waals surface area contributed by atoms with Gasteiger partial charge in [-0.15, -0.1) is 0 Å². The summed E-state index contributed by atoms with van der Waals surface area (Å²) in [7, 11) is 0. The number of nitrogens with two attached hydrogens (primary N) is 2. The highest BCUT2D eigenvalue weighted by Gasteiger charge is 2.29. The fourth-order valence-corrected chi connectivity index (χ4v) is 3.54. The highest BCUT2D eigenvalue weighted by atomic mass is 16.3. The number of amides is 5. The van der Waals surface area contributed by atoms with E-state index in [0.29, 0.717) is 12.0 Å². The first kappa shape index (κ1) is 29.0. The molecule has 8 N–H and O–H groups in total. The van der Waals surface area contributed by atoms with Crippen LogP contribution in [0.3, 0.4) is 0 Å². The Balaban J connectivity index is 2.07. The van der Waals surface area contributed by atoms with Gasteiger partial charge in [0.2, 0.25) is 29.5 Å². The lowest BCUT2D eigenvalue weighted by Gasteiger charge is -2.24. The Bertz CT molecular complexity index is 1060. The van der Waals surface area contributed by atoms with Crippen molar-refractivity contribution in [2.24, 2.45) is 11.5 Å². The minimum absolute atomic E-state index is 0.0554. The van der Waals surface area contributed by atoms with Gasteiger partial charge in [0, 0.05) is 19.3 Å². The summed E-state index contributed by atoms with van der Waals surface area (Å²) in [6.07, 6.45) is 0.331. The fraction of sp³-hybridized carbons (Fsp3) is 0.346. The smallest absolute Gasteiger partial charge is 0.245 e. The summed E-state index contributed by atoms with van der Waals surface area (Å²) in [5.41, 5.74) is 12.1. The second kappa shape index (κ2) is 15.0. The summed E-state index contributed by atoms with van der Waals surface area (Å²) >= 11 is 0. The van der Waals surface area contributed by atoms with Gasteiger partial charge in [-0.3, -0.25) is 24.0 Å². The predicted molar refractivity (Wildman–Crippen MR) is 135 cm³/mol. The molecule has 2 rings (SSSR count). The van der Waals surface area contributed by atoms with Crippen LogP contribution in [-0.4, -0.2) is 59.4 Å². The minimum Gasteiger partial charge on any atom is -0.394 e. The maximum Gasteiger partial charge on any atom is 0.245 e. The lowest BCUT2D eigenvalue weighted by molar-refractivity contribution is -0.134. The molecule has 5 amide bonds. The Hall–Kier alpha value is -4.25. The molecule has 0 unspecified atom stereocenters. The maximum atomic E-state index is 13.0. The largest absolute Gasteiger partial charge is 0.394 e. The van der Waals surface area contributed by atoms with Gasteiger partial charge in [-0.05, 0) is 24.0 Å². The van der Waals surface area contributed by atoms with Crippen molar-refractivity contribution in [2.45, 2.75) is 50.2 Å². The SMILES string of the molecule is NC(=O)CC[C@H](NC(=O)[C@H](Cc1ccccc1)NC(=O)[C@H](CO)NC(=O)CCc1ccccc1)C(N)=O. The van der Waals surface area contributed by atoms with Gasteiger partial charge in [-0.2, -0.15) is 0 Å². The molecule has 0 aliphatic carbocycles. The number of primary amides is 2. The van der Waals surface area contributed by atoms with Crippen molar-refractivity contribution in [2.75, 3.05) is 6.61 Å². The Morgan fingerprint density at radius 2 is 1.24 bits per heavy atom. The number of hydrogen-bond donors (Lipinski definition) is 6. The second-order valence-corrected chi connectivity index (χ2v) is 8.51. The average molecular weight is 512 g/mol. The molecule has 0 heterocycles. The van der Waals surface area contributed by atoms with Crippen LogP contribution in [0.2, 0.25) is 0 Å². The van der Waals surface area contributed by atoms with E-state index >= 15 is 0 Å². The van der Waals surface area contributed by atoms with Gasteiger partial charge in [-0.25, -0.2) is 0 Å². The Kier molecular flexibility index (Phi) is 11.7. The van der Waals surface area contributed by atoms with E-state index in [4.69, 9.17) is 11.5 Å². The van der Waals surface area contributed by atoms with Gasteiger partial charge >= 0.3 is 0 Å². The van der Waals surface area contributed by atoms with Crippen LogP contribution in [0.15, 0.2) is 60.7 Å². The molecule has 0 aromatic heterocycles. The fourth-order valence-electron chi connectivity index (χ4n) is 3.54. The summed E-state index contributed by atoms with van der Waals surface area (Å²) < 4.78 is 0. The molecule has 3 atom stereocenters. The second-order valence-electron chi connectivity index (χ2n) is 8.51. The number of benzene rings is 2. The summed E-state index contributed by atoms with van der Waals surface area (Å²) in [4.78, 5) is 61.2. The number of aliphatic hydroxyl groups excluding tert-OH is 1. The van der Waals surface area contributed by atoms with E-state index in [1.165, 1.54) is 0 Å². The monoisotopic (exact) mass is 511 g/mol. The van der Waals surface area contributed by atoms with E-state index in [0.717, 1.165) is 5.56 Å². The molecule has 198 valence electrons. The lowest BCUT2D eigenvalue weighted by atomic mass is 10.0. The first-order valence-electron chi connectivity index (χ1n) is 11.9. The van der Waals surface area contributed by atoms with Crippen molar-refractivity contribution < 1.29 is 29.1 Å². The molecule has 0 aliphatic heterocycles. The summed E-state index contributed by atoms with van der Waals surface area (Å²) in [6.45, 7) is -0.689. The van der Waals surface area contributed by atoms with E-state index in [1.54, 1.807) is 30.3 Å². The van der Waals surface area contributed by atoms with Crippen LogP contribution in [0.4, 0.5) is 0 Å². The van der Waals surface area contributed by atoms with Gasteiger partial charge in [-0.1, -0.05) is 60.7 Å². The molecular formula is C26H33N5O6. The number of rotatable bonds is 15. The average Bonchev–Trinajstić information content (AvgIpc) is 2.88. The van der Waals surface area contributed by atoms with Crippen molar-refractivity contribution >= 4 is 29.5 Å². The van der Waals surface area contributed by atoms with Crippen LogP contribution in [0.5, 0.6) is 0 Å². The molecule has 11 heteroatoms. The molecule has 0 spiro atoms. The third-order valence-corrected chi connectivity index (χ3v) is 5.57. The van der Waals surface area contributed by atoms with Crippen molar-refractivity contribution in [3.63, 3.8) is 0 Å². The van der Waals surface area contributed by atoms with Crippen LogP contribution < -0.4 is 27.4 Å². The third-order valence-electron chi connectivity index (χ3n) is 5.57. The number of carbonyl (C=O) groups is 5. The van der Waals surface area contributed by atoms with E-state index in [1.807, 2.05) is 30.3 Å². The molecule has 2 aromatic carbocycles. The van der Waals surface area contributed by atoms with Crippen LogP contribution >= 0.6 is 0 Å². The molecule has 0 bridgehead atoms. The quantitative estimate of drug-likeness (QED) is 0.179. The first-order chi connectivity index (χ1) is 17.7. The zero-order valence-corrected chi connectivity index (χ0v) is 20.4. The normalized spacial score (nSPS) is 13.0. The van der Waals surface area contributed by atoms with Crippen LogP contribution in [0.1, 0.15) is 30.4 Å². The zero-order valence-electron chi connectivity index (χ0n) is 20.4. The highest BCUT2D eigenvalue weighted by molar-refractivity contribution is 5.94. The standard InChI is InChI=1S/C26H33N5O6/c27-22(33)13-12-19(24(28)35)30-25(36)20(15-18-9-5-2-6-10-18)31-26(37)21(16-32)29-23(34)14-11-17-7-3-1-4-8-17/h1-10,19-21,32H,11-16H2,(H2,27,33)(H2,28,35)(H,29,34)(H,30,36)(H,31,37)/t19-,20-,21-/m0/s1. The summed E-state index contributed by atoms with van der Waals surface area (Å²) in [5.74, 6) is -3.47. The highest BCUT2D eigenvalue weighted by Crippen LogP contribution is 2.07. The molecular weight excluding hydrogens is 478 g/mol. The zero-order chi connectivity index (χ0) is 27.2. The van der Waals surface area contributed by atoms with Gasteiger partial charge < -0.3 is 32.5 Å². The number of aryl methyl sites for hydroxylation is 1. The van der Waals surface area contributed by atoms with E-state index in [9.17, 15) is 29.1 Å². The van der Waals surface area contributed by atoms with Crippen LogP contribution in [0, 0.1) is 0 Å².